The normalized spacial score (nSPS) is 11.7. The fraction of sp³-hybridized carbons (Fsp3) is 0.208. The number of nitrogens with one attached hydrogen (secondary N) is 1. The largest absolute Gasteiger partial charge is 0.348 e. The summed E-state index contributed by atoms with van der Waals surface area (Å²) in [5, 5.41) is 0.299. The standard InChI is InChI=1S/C24H24ClN3O4S/c1-24(2,23(30)28(3)4)17-5-8-19(9-6-17)33(31,32)27-21-10-7-18(25)15-20(21)22(29)16-11-13-26-14-12-16/h5-15,27H,1-4H3. The van der Waals surface area contributed by atoms with Crippen molar-refractivity contribution in [2.24, 2.45) is 0 Å². The van der Waals surface area contributed by atoms with E-state index in [2.05, 4.69) is 9.71 Å². The summed E-state index contributed by atoms with van der Waals surface area (Å²) in [5.41, 5.74) is 0.435. The third kappa shape index (κ3) is 5.23. The van der Waals surface area contributed by atoms with Crippen LogP contribution in [-0.4, -0.2) is 44.1 Å². The quantitative estimate of drug-likeness (QED) is 0.507. The van der Waals surface area contributed by atoms with E-state index in [0.29, 0.717) is 16.1 Å². The minimum atomic E-state index is -4.02. The van der Waals surface area contributed by atoms with Crippen LogP contribution in [-0.2, 0) is 20.2 Å². The number of carbonyl (C=O) groups is 2. The molecule has 0 unspecified atom stereocenters. The molecule has 0 fully saturated rings. The number of sulfonamides is 1. The van der Waals surface area contributed by atoms with E-state index in [4.69, 9.17) is 11.6 Å². The zero-order valence-corrected chi connectivity index (χ0v) is 20.2. The first-order valence-corrected chi connectivity index (χ1v) is 11.9. The Labute approximate surface area is 198 Å². The summed E-state index contributed by atoms with van der Waals surface area (Å²) in [6.45, 7) is 3.56. The van der Waals surface area contributed by atoms with E-state index in [0.717, 1.165) is 0 Å². The Bertz CT molecular complexity index is 1290. The van der Waals surface area contributed by atoms with Gasteiger partial charge in [0.15, 0.2) is 5.78 Å². The molecular formula is C24H24ClN3O4S. The van der Waals surface area contributed by atoms with E-state index in [9.17, 15) is 18.0 Å². The number of nitrogens with zero attached hydrogens (tertiary/aromatic N) is 2. The maximum atomic E-state index is 13.1. The molecular weight excluding hydrogens is 462 g/mol. The molecule has 33 heavy (non-hydrogen) atoms. The maximum absolute atomic E-state index is 13.1. The van der Waals surface area contributed by atoms with Crippen LogP contribution < -0.4 is 4.72 Å². The molecule has 1 aromatic heterocycles. The molecule has 0 aliphatic rings. The van der Waals surface area contributed by atoms with Crippen molar-refractivity contribution in [1.82, 2.24) is 9.88 Å². The van der Waals surface area contributed by atoms with Crippen molar-refractivity contribution in [3.63, 3.8) is 0 Å². The van der Waals surface area contributed by atoms with Crippen molar-refractivity contribution in [2.75, 3.05) is 18.8 Å². The minimum absolute atomic E-state index is 0.00314. The number of pyridine rings is 1. The zero-order chi connectivity index (χ0) is 24.4. The Morgan fingerprint density at radius 3 is 2.15 bits per heavy atom. The van der Waals surface area contributed by atoms with Crippen LogP contribution in [0.15, 0.2) is 71.9 Å². The highest BCUT2D eigenvalue weighted by Crippen LogP contribution is 2.29. The van der Waals surface area contributed by atoms with Crippen LogP contribution in [0, 0.1) is 0 Å². The first-order valence-electron chi connectivity index (χ1n) is 10.0. The number of anilines is 1. The Balaban J connectivity index is 1.93. The fourth-order valence-electron chi connectivity index (χ4n) is 3.39. The van der Waals surface area contributed by atoms with Crippen LogP contribution in [0.1, 0.15) is 35.3 Å². The first kappa shape index (κ1) is 24.4. The van der Waals surface area contributed by atoms with Crippen LogP contribution in [0.5, 0.6) is 0 Å². The van der Waals surface area contributed by atoms with Crippen molar-refractivity contribution in [3.05, 3.63) is 88.7 Å². The summed E-state index contributed by atoms with van der Waals surface area (Å²) in [6.07, 6.45) is 2.96. The average Bonchev–Trinajstić information content (AvgIpc) is 2.79. The van der Waals surface area contributed by atoms with Gasteiger partial charge in [0.1, 0.15) is 0 Å². The lowest BCUT2D eigenvalue weighted by atomic mass is 9.83. The molecule has 3 aromatic rings. The molecule has 0 aliphatic heterocycles. The zero-order valence-electron chi connectivity index (χ0n) is 18.7. The number of hydrogen-bond acceptors (Lipinski definition) is 5. The van der Waals surface area contributed by atoms with Gasteiger partial charge in [0.2, 0.25) is 5.91 Å². The summed E-state index contributed by atoms with van der Waals surface area (Å²) in [7, 11) is -0.675. The molecule has 172 valence electrons. The number of rotatable bonds is 7. The van der Waals surface area contributed by atoms with Gasteiger partial charge in [0, 0.05) is 42.6 Å². The van der Waals surface area contributed by atoms with Gasteiger partial charge in [-0.2, -0.15) is 0 Å². The van der Waals surface area contributed by atoms with Crippen LogP contribution in [0.25, 0.3) is 0 Å². The number of likely N-dealkylation sites (N-methyl/N-ethyl adjacent to an activating group) is 1. The number of aromatic nitrogens is 1. The average molecular weight is 486 g/mol. The number of halogens is 1. The first-order chi connectivity index (χ1) is 15.4. The lowest BCUT2D eigenvalue weighted by Crippen LogP contribution is -2.39. The predicted molar refractivity (Wildman–Crippen MR) is 128 cm³/mol. The lowest BCUT2D eigenvalue weighted by Gasteiger charge is -2.27. The van der Waals surface area contributed by atoms with Gasteiger partial charge in [0.05, 0.1) is 16.0 Å². The highest BCUT2D eigenvalue weighted by molar-refractivity contribution is 7.92. The van der Waals surface area contributed by atoms with E-state index < -0.39 is 21.2 Å². The van der Waals surface area contributed by atoms with E-state index in [-0.39, 0.29) is 22.1 Å². The molecule has 2 aromatic carbocycles. The lowest BCUT2D eigenvalue weighted by molar-refractivity contribution is -0.133. The molecule has 0 bridgehead atoms. The van der Waals surface area contributed by atoms with Gasteiger partial charge >= 0.3 is 0 Å². The summed E-state index contributed by atoms with van der Waals surface area (Å²) >= 11 is 6.07. The SMILES string of the molecule is CN(C)C(=O)C(C)(C)c1ccc(S(=O)(=O)Nc2ccc(Cl)cc2C(=O)c2ccncc2)cc1. The third-order valence-electron chi connectivity index (χ3n) is 5.24. The maximum Gasteiger partial charge on any atom is 0.261 e. The van der Waals surface area contributed by atoms with Crippen molar-refractivity contribution < 1.29 is 18.0 Å². The van der Waals surface area contributed by atoms with Crippen molar-refractivity contribution in [3.8, 4) is 0 Å². The van der Waals surface area contributed by atoms with Crippen LogP contribution in [0.4, 0.5) is 5.69 Å². The summed E-state index contributed by atoms with van der Waals surface area (Å²) in [5.74, 6) is -0.492. The van der Waals surface area contributed by atoms with Gasteiger partial charge in [-0.05, 0) is 61.9 Å². The van der Waals surface area contributed by atoms with Crippen molar-refractivity contribution >= 4 is 39.0 Å². The molecule has 7 nitrogen and oxygen atoms in total. The molecule has 3 rings (SSSR count). The number of hydrogen-bond donors (Lipinski definition) is 1. The molecule has 0 atom stereocenters. The van der Waals surface area contributed by atoms with Gasteiger partial charge < -0.3 is 4.90 Å². The van der Waals surface area contributed by atoms with E-state index in [1.165, 1.54) is 59.8 Å². The van der Waals surface area contributed by atoms with Crippen LogP contribution in [0.2, 0.25) is 5.02 Å². The fourth-order valence-corrected chi connectivity index (χ4v) is 4.64. The van der Waals surface area contributed by atoms with Gasteiger partial charge in [-0.1, -0.05) is 23.7 Å². The summed E-state index contributed by atoms with van der Waals surface area (Å²) in [6, 6.07) is 13.5. The Morgan fingerprint density at radius 2 is 1.58 bits per heavy atom. The number of benzene rings is 2. The monoisotopic (exact) mass is 485 g/mol. The molecule has 0 radical (unpaired) electrons. The highest BCUT2D eigenvalue weighted by Gasteiger charge is 2.31. The molecule has 1 N–H and O–H groups in total. The van der Waals surface area contributed by atoms with Crippen molar-refractivity contribution in [2.45, 2.75) is 24.2 Å². The van der Waals surface area contributed by atoms with Gasteiger partial charge in [-0.3, -0.25) is 19.3 Å². The molecule has 1 heterocycles. The Hall–Kier alpha value is -3.23. The third-order valence-corrected chi connectivity index (χ3v) is 6.86. The van der Waals surface area contributed by atoms with Gasteiger partial charge in [-0.25, -0.2) is 8.42 Å². The van der Waals surface area contributed by atoms with Crippen LogP contribution in [0.3, 0.4) is 0 Å². The number of carbonyl (C=O) groups excluding carboxylic acids is 2. The molecule has 9 heteroatoms. The van der Waals surface area contributed by atoms with E-state index in [1.807, 2.05) is 0 Å². The van der Waals surface area contributed by atoms with Gasteiger partial charge in [0.25, 0.3) is 10.0 Å². The molecule has 0 saturated carbocycles. The molecule has 0 spiro atoms. The highest BCUT2D eigenvalue weighted by atomic mass is 35.5. The summed E-state index contributed by atoms with van der Waals surface area (Å²) in [4.78, 5) is 30.8. The topological polar surface area (TPSA) is 96.4 Å². The van der Waals surface area contributed by atoms with Crippen molar-refractivity contribution in [1.29, 1.82) is 0 Å². The predicted octanol–water partition coefficient (Wildman–Crippen LogP) is 4.13. The van der Waals surface area contributed by atoms with Crippen LogP contribution >= 0.6 is 11.6 Å². The second kappa shape index (κ2) is 9.33. The Kier molecular flexibility index (Phi) is 6.90. The smallest absolute Gasteiger partial charge is 0.261 e. The Morgan fingerprint density at radius 1 is 0.970 bits per heavy atom. The van der Waals surface area contributed by atoms with E-state index >= 15 is 0 Å². The molecule has 0 saturated heterocycles. The summed E-state index contributed by atoms with van der Waals surface area (Å²) < 4.78 is 28.6. The van der Waals surface area contributed by atoms with Gasteiger partial charge in [-0.15, -0.1) is 0 Å². The molecule has 0 aliphatic carbocycles. The van der Waals surface area contributed by atoms with E-state index in [1.54, 1.807) is 40.1 Å². The minimum Gasteiger partial charge on any atom is -0.348 e. The number of amides is 1. The second-order valence-electron chi connectivity index (χ2n) is 8.21. The number of ketones is 1. The molecule has 1 amide bonds. The second-order valence-corrected chi connectivity index (χ2v) is 10.3.